The van der Waals surface area contributed by atoms with E-state index in [0.29, 0.717) is 13.0 Å². The van der Waals surface area contributed by atoms with Crippen molar-refractivity contribution in [3.8, 4) is 0 Å². The lowest BCUT2D eigenvalue weighted by molar-refractivity contribution is -0.117. The Bertz CT molecular complexity index is 1150. The number of benzene rings is 2. The summed E-state index contributed by atoms with van der Waals surface area (Å²) < 4.78 is 0. The summed E-state index contributed by atoms with van der Waals surface area (Å²) in [6.45, 7) is 0.378. The minimum absolute atomic E-state index is 0.122. The summed E-state index contributed by atoms with van der Waals surface area (Å²) >= 11 is 0. The number of carbonyl (C=O) groups excluding carboxylic acids is 1. The molecule has 0 bridgehead atoms. The van der Waals surface area contributed by atoms with Gasteiger partial charge in [-0.3, -0.25) is 4.79 Å². The number of nitrogens with zero attached hydrogens (tertiary/aromatic N) is 1. The zero-order valence-electron chi connectivity index (χ0n) is 15.4. The van der Waals surface area contributed by atoms with Crippen LogP contribution >= 0.6 is 0 Å². The molecule has 0 aliphatic carbocycles. The smallest absolute Gasteiger partial charge is 0.244 e. The standard InChI is InChI=1S/C23H22N4O/c24-14-20(13-16-7-8-17-4-1-2-5-18(17)12-16)27-22(28)10-9-19-15-26-23-21(19)6-3-11-25-23/h1-12,15,20H,13-14,24H2,(H,25,26)(H,27,28)/b10-9+/t20-/m0/s1. The SMILES string of the molecule is NC[C@H](Cc1ccc2ccccc2c1)NC(=O)/C=C/c1c[nH]c2ncccc12. The van der Waals surface area contributed by atoms with Gasteiger partial charge in [-0.05, 0) is 41.0 Å². The molecule has 0 saturated carbocycles. The summed E-state index contributed by atoms with van der Waals surface area (Å²) in [5.74, 6) is -0.158. The second-order valence-electron chi connectivity index (χ2n) is 6.80. The first-order chi connectivity index (χ1) is 13.7. The third-order valence-electron chi connectivity index (χ3n) is 4.82. The lowest BCUT2D eigenvalue weighted by Gasteiger charge is -2.16. The highest BCUT2D eigenvalue weighted by Crippen LogP contribution is 2.18. The Balaban J connectivity index is 1.43. The van der Waals surface area contributed by atoms with Crippen LogP contribution in [0, 0.1) is 0 Å². The van der Waals surface area contributed by atoms with Gasteiger partial charge in [0.15, 0.2) is 0 Å². The summed E-state index contributed by atoms with van der Waals surface area (Å²) in [4.78, 5) is 19.7. The Hall–Kier alpha value is -3.44. The molecule has 2 heterocycles. The molecule has 2 aromatic heterocycles. The number of aromatic amines is 1. The first kappa shape index (κ1) is 17.9. The first-order valence-corrected chi connectivity index (χ1v) is 9.31. The molecular formula is C23H22N4O. The molecule has 0 saturated heterocycles. The van der Waals surface area contributed by atoms with Crippen molar-refractivity contribution in [2.75, 3.05) is 6.54 Å². The molecule has 5 nitrogen and oxygen atoms in total. The largest absolute Gasteiger partial charge is 0.348 e. The molecule has 28 heavy (non-hydrogen) atoms. The molecule has 4 aromatic rings. The highest BCUT2D eigenvalue weighted by Gasteiger charge is 2.10. The van der Waals surface area contributed by atoms with Gasteiger partial charge in [0, 0.05) is 42.0 Å². The number of aromatic nitrogens is 2. The number of hydrogen-bond acceptors (Lipinski definition) is 3. The Kier molecular flexibility index (Phi) is 5.17. The van der Waals surface area contributed by atoms with Crippen molar-refractivity contribution in [2.45, 2.75) is 12.5 Å². The van der Waals surface area contributed by atoms with Crippen molar-refractivity contribution in [3.63, 3.8) is 0 Å². The fourth-order valence-electron chi connectivity index (χ4n) is 3.37. The molecule has 4 N–H and O–H groups in total. The van der Waals surface area contributed by atoms with E-state index in [1.807, 2.05) is 30.5 Å². The van der Waals surface area contributed by atoms with Crippen LogP contribution in [0.1, 0.15) is 11.1 Å². The van der Waals surface area contributed by atoms with Gasteiger partial charge < -0.3 is 16.0 Å². The molecule has 1 amide bonds. The zero-order valence-corrected chi connectivity index (χ0v) is 15.4. The maximum atomic E-state index is 12.4. The molecule has 4 rings (SSSR count). The number of nitrogens with one attached hydrogen (secondary N) is 2. The van der Waals surface area contributed by atoms with Crippen LogP contribution in [0.25, 0.3) is 27.9 Å². The minimum Gasteiger partial charge on any atom is -0.348 e. The second-order valence-corrected chi connectivity index (χ2v) is 6.80. The summed E-state index contributed by atoms with van der Waals surface area (Å²) in [7, 11) is 0. The predicted octanol–water partition coefficient (Wildman–Crippen LogP) is 3.42. The van der Waals surface area contributed by atoms with Crippen LogP contribution in [-0.2, 0) is 11.2 Å². The van der Waals surface area contributed by atoms with E-state index in [0.717, 1.165) is 22.2 Å². The zero-order chi connectivity index (χ0) is 19.3. The van der Waals surface area contributed by atoms with Crippen molar-refractivity contribution in [3.05, 3.63) is 84.2 Å². The molecule has 0 unspecified atom stereocenters. The van der Waals surface area contributed by atoms with E-state index in [1.165, 1.54) is 10.8 Å². The molecule has 5 heteroatoms. The Morgan fingerprint density at radius 1 is 1.14 bits per heavy atom. The van der Waals surface area contributed by atoms with Crippen molar-refractivity contribution in [1.29, 1.82) is 0 Å². The molecule has 0 radical (unpaired) electrons. The molecule has 0 aliphatic rings. The van der Waals surface area contributed by atoms with Gasteiger partial charge >= 0.3 is 0 Å². The number of carbonyl (C=O) groups is 1. The first-order valence-electron chi connectivity index (χ1n) is 9.31. The predicted molar refractivity (Wildman–Crippen MR) is 114 cm³/mol. The molecule has 2 aromatic carbocycles. The lowest BCUT2D eigenvalue weighted by Crippen LogP contribution is -2.40. The Morgan fingerprint density at radius 2 is 2.00 bits per heavy atom. The molecule has 1 atom stereocenters. The number of amides is 1. The average Bonchev–Trinajstić information content (AvgIpc) is 3.15. The topological polar surface area (TPSA) is 83.8 Å². The number of hydrogen-bond donors (Lipinski definition) is 3. The lowest BCUT2D eigenvalue weighted by atomic mass is 10.0. The summed E-state index contributed by atoms with van der Waals surface area (Å²) in [5.41, 5.74) is 8.78. The van der Waals surface area contributed by atoms with Crippen LogP contribution in [0.5, 0.6) is 0 Å². The van der Waals surface area contributed by atoms with E-state index in [-0.39, 0.29) is 11.9 Å². The number of pyridine rings is 1. The number of rotatable bonds is 6. The fraction of sp³-hybridized carbons (Fsp3) is 0.130. The summed E-state index contributed by atoms with van der Waals surface area (Å²) in [5, 5.41) is 6.38. The number of nitrogens with two attached hydrogens (primary N) is 1. The van der Waals surface area contributed by atoms with Crippen molar-refractivity contribution in [1.82, 2.24) is 15.3 Å². The Morgan fingerprint density at radius 3 is 2.86 bits per heavy atom. The van der Waals surface area contributed by atoms with E-state index in [1.54, 1.807) is 18.3 Å². The van der Waals surface area contributed by atoms with Gasteiger partial charge in [0.1, 0.15) is 5.65 Å². The highest BCUT2D eigenvalue weighted by molar-refractivity contribution is 5.95. The van der Waals surface area contributed by atoms with Crippen LogP contribution in [-0.4, -0.2) is 28.5 Å². The van der Waals surface area contributed by atoms with Gasteiger partial charge in [0.25, 0.3) is 0 Å². The fourth-order valence-corrected chi connectivity index (χ4v) is 3.37. The third-order valence-corrected chi connectivity index (χ3v) is 4.82. The number of fused-ring (bicyclic) bond motifs is 2. The quantitative estimate of drug-likeness (QED) is 0.455. The van der Waals surface area contributed by atoms with Crippen molar-refractivity contribution < 1.29 is 4.79 Å². The maximum absolute atomic E-state index is 12.4. The maximum Gasteiger partial charge on any atom is 0.244 e. The minimum atomic E-state index is -0.158. The normalized spacial score (nSPS) is 12.6. The summed E-state index contributed by atoms with van der Waals surface area (Å²) in [6, 6.07) is 18.3. The Labute approximate surface area is 163 Å². The number of H-pyrrole nitrogens is 1. The van der Waals surface area contributed by atoms with Gasteiger partial charge in [-0.1, -0.05) is 42.5 Å². The van der Waals surface area contributed by atoms with E-state index < -0.39 is 0 Å². The van der Waals surface area contributed by atoms with Crippen LogP contribution in [0.3, 0.4) is 0 Å². The van der Waals surface area contributed by atoms with E-state index >= 15 is 0 Å². The monoisotopic (exact) mass is 370 g/mol. The van der Waals surface area contributed by atoms with Gasteiger partial charge in [-0.25, -0.2) is 4.98 Å². The van der Waals surface area contributed by atoms with Crippen LogP contribution in [0.15, 0.2) is 73.1 Å². The van der Waals surface area contributed by atoms with E-state index in [4.69, 9.17) is 5.73 Å². The molecular weight excluding hydrogens is 348 g/mol. The van der Waals surface area contributed by atoms with Crippen molar-refractivity contribution >= 4 is 33.8 Å². The molecule has 0 aliphatic heterocycles. The van der Waals surface area contributed by atoms with Gasteiger partial charge in [0.2, 0.25) is 5.91 Å². The second kappa shape index (κ2) is 8.06. The summed E-state index contributed by atoms with van der Waals surface area (Å²) in [6.07, 6.45) is 7.60. The molecule has 0 fully saturated rings. The molecule has 0 spiro atoms. The van der Waals surface area contributed by atoms with Crippen LogP contribution < -0.4 is 11.1 Å². The van der Waals surface area contributed by atoms with Crippen molar-refractivity contribution in [2.24, 2.45) is 5.73 Å². The average molecular weight is 370 g/mol. The van der Waals surface area contributed by atoms with E-state index in [2.05, 4.69) is 45.6 Å². The van der Waals surface area contributed by atoms with E-state index in [9.17, 15) is 4.79 Å². The van der Waals surface area contributed by atoms with Gasteiger partial charge in [-0.2, -0.15) is 0 Å². The third kappa shape index (κ3) is 3.94. The van der Waals surface area contributed by atoms with Gasteiger partial charge in [-0.15, -0.1) is 0 Å². The van der Waals surface area contributed by atoms with Gasteiger partial charge in [0.05, 0.1) is 0 Å². The molecule has 140 valence electrons. The van der Waals surface area contributed by atoms with Crippen LogP contribution in [0.2, 0.25) is 0 Å². The highest BCUT2D eigenvalue weighted by atomic mass is 16.1. The van der Waals surface area contributed by atoms with Crippen LogP contribution in [0.4, 0.5) is 0 Å².